The van der Waals surface area contributed by atoms with E-state index in [0.717, 1.165) is 50.1 Å². The van der Waals surface area contributed by atoms with Crippen molar-refractivity contribution in [2.24, 2.45) is 0 Å². The lowest BCUT2D eigenvalue weighted by Gasteiger charge is -2.13. The second-order valence-corrected chi connectivity index (χ2v) is 14.7. The third-order valence-corrected chi connectivity index (χ3v) is 10.3. The minimum atomic E-state index is 0.232. The zero-order chi connectivity index (χ0) is 44.0. The Balaban J connectivity index is 1.22. The Kier molecular flexibility index (Phi) is 13.5. The van der Waals surface area contributed by atoms with Gasteiger partial charge in [-0.05, 0) is 86.5 Å². The van der Waals surface area contributed by atoms with Gasteiger partial charge in [0.25, 0.3) is 0 Å². The fourth-order valence-electron chi connectivity index (χ4n) is 6.76. The number of rotatable bonds is 12. The monoisotopic (exact) mass is 810 g/mol. The Bertz CT molecular complexity index is 2680. The molecule has 0 bridgehead atoms. The van der Waals surface area contributed by atoms with Crippen molar-refractivity contribution in [3.8, 4) is 18.2 Å². The van der Waals surface area contributed by atoms with Crippen LogP contribution in [0.15, 0.2) is 146 Å². The van der Waals surface area contributed by atoms with E-state index in [1.54, 1.807) is 18.2 Å². The van der Waals surface area contributed by atoms with Crippen LogP contribution in [-0.2, 0) is 0 Å². The molecule has 7 aromatic rings. The Hall–Kier alpha value is -9.15. The fourth-order valence-corrected chi connectivity index (χ4v) is 6.76. The largest absolute Gasteiger partial charge is 0.399 e. The molecule has 0 aromatic heterocycles. The number of nitrogens with two attached hydrogens (primary N) is 3. The lowest BCUT2D eigenvalue weighted by Crippen LogP contribution is -2.02. The van der Waals surface area contributed by atoms with Gasteiger partial charge >= 0.3 is 0 Å². The average molecular weight is 811 g/mol. The van der Waals surface area contributed by atoms with Crippen molar-refractivity contribution in [1.82, 2.24) is 0 Å². The molecule has 0 heterocycles. The molecule has 0 radical (unpaired) electrons. The summed E-state index contributed by atoms with van der Waals surface area (Å²) in [5.74, 6) is 0. The third-order valence-electron chi connectivity index (χ3n) is 10.3. The first-order chi connectivity index (χ1) is 30.8. The molecule has 7 rings (SSSR count). The average Bonchev–Trinajstić information content (AvgIpc) is 3.32. The first-order valence-electron chi connectivity index (χ1n) is 20.2. The van der Waals surface area contributed by atoms with Crippen molar-refractivity contribution in [3.63, 3.8) is 0 Å². The Morgan fingerprint density at radius 3 is 0.540 bits per heavy atom. The highest BCUT2D eigenvalue weighted by Crippen LogP contribution is 2.33. The lowest BCUT2D eigenvalue weighted by molar-refractivity contribution is 1.37. The van der Waals surface area contributed by atoms with Crippen LogP contribution in [0.1, 0.15) is 83.5 Å². The maximum absolute atomic E-state index is 10.7. The van der Waals surface area contributed by atoms with Crippen LogP contribution in [0.25, 0.3) is 72.9 Å². The molecule has 300 valence electrons. The molecule has 0 unspecified atom stereocenters. The first kappa shape index (κ1) is 42.0. The SMILES string of the molecule is N#Cc1c(/C=C/c2ccc(/C=C/c3ccc(N)cc3)cc2)c(C#N)c(/C=C/c2ccc(/C=C/c3ccc(N)cc3)cc2)c(C#N)c1/C=C/c1ccc(/C=C/c2ccc(N)cc2)cc1. The molecular weight excluding hydrogens is 769 g/mol. The predicted molar refractivity (Wildman–Crippen MR) is 266 cm³/mol. The molecular formula is C57H42N6. The molecule has 0 amide bonds. The normalized spacial score (nSPS) is 11.6. The first-order valence-corrected chi connectivity index (χ1v) is 20.2. The highest BCUT2D eigenvalue weighted by atomic mass is 14.5. The number of anilines is 3. The van der Waals surface area contributed by atoms with E-state index in [0.29, 0.717) is 33.8 Å². The van der Waals surface area contributed by atoms with E-state index in [9.17, 15) is 15.8 Å². The van der Waals surface area contributed by atoms with E-state index in [1.807, 2.05) is 200 Å². The summed E-state index contributed by atoms with van der Waals surface area (Å²) in [7, 11) is 0. The van der Waals surface area contributed by atoms with Gasteiger partial charge in [0, 0.05) is 33.8 Å². The van der Waals surface area contributed by atoms with Gasteiger partial charge in [0.15, 0.2) is 0 Å². The second kappa shape index (κ2) is 20.2. The van der Waals surface area contributed by atoms with E-state index in [-0.39, 0.29) is 16.7 Å². The van der Waals surface area contributed by atoms with Gasteiger partial charge in [0.2, 0.25) is 0 Å². The summed E-state index contributed by atoms with van der Waals surface area (Å²) in [5, 5.41) is 32.1. The van der Waals surface area contributed by atoms with Gasteiger partial charge in [-0.2, -0.15) is 15.8 Å². The van der Waals surface area contributed by atoms with E-state index < -0.39 is 0 Å². The maximum atomic E-state index is 10.7. The van der Waals surface area contributed by atoms with Crippen LogP contribution in [0.4, 0.5) is 17.1 Å². The topological polar surface area (TPSA) is 149 Å². The molecule has 0 fully saturated rings. The highest BCUT2D eigenvalue weighted by molar-refractivity contribution is 5.90. The fraction of sp³-hybridized carbons (Fsp3) is 0. The van der Waals surface area contributed by atoms with Crippen molar-refractivity contribution in [1.29, 1.82) is 15.8 Å². The van der Waals surface area contributed by atoms with Crippen LogP contribution in [0.3, 0.4) is 0 Å². The van der Waals surface area contributed by atoms with Gasteiger partial charge in [-0.1, -0.05) is 182 Å². The highest BCUT2D eigenvalue weighted by Gasteiger charge is 2.21. The smallest absolute Gasteiger partial charge is 0.100 e. The minimum absolute atomic E-state index is 0.232. The van der Waals surface area contributed by atoms with E-state index in [4.69, 9.17) is 17.2 Å². The number of hydrogen-bond acceptors (Lipinski definition) is 6. The Morgan fingerprint density at radius 1 is 0.238 bits per heavy atom. The van der Waals surface area contributed by atoms with Crippen molar-refractivity contribution < 1.29 is 0 Å². The second-order valence-electron chi connectivity index (χ2n) is 14.7. The van der Waals surface area contributed by atoms with Gasteiger partial charge < -0.3 is 17.2 Å². The van der Waals surface area contributed by atoms with Crippen LogP contribution in [0.2, 0.25) is 0 Å². The molecule has 0 atom stereocenters. The van der Waals surface area contributed by atoms with Crippen LogP contribution in [-0.4, -0.2) is 0 Å². The summed E-state index contributed by atoms with van der Waals surface area (Å²) >= 11 is 0. The maximum Gasteiger partial charge on any atom is 0.100 e. The van der Waals surface area contributed by atoms with E-state index >= 15 is 0 Å². The zero-order valence-electron chi connectivity index (χ0n) is 34.4. The number of benzene rings is 7. The standard InChI is InChI=1S/C57H42N6/c58-37-55-52(34-25-43-10-1-40(2-11-43)7-16-46-19-28-49(61)29-20-46)56(38-59)54(36-27-45-14-5-42(6-15-45)9-18-48-23-32-51(63)33-24-48)57(39-60)53(55)35-26-44-12-3-41(4-13-44)8-17-47-21-30-50(62)31-22-47/h1-36H,61-63H2/b16-7+,17-8+,18-9+,34-25+,35-26+,36-27+. The summed E-state index contributed by atoms with van der Waals surface area (Å²) in [6.45, 7) is 0. The van der Waals surface area contributed by atoms with E-state index in [2.05, 4.69) is 18.2 Å². The molecule has 63 heavy (non-hydrogen) atoms. The number of nitrogen functional groups attached to an aromatic ring is 3. The third kappa shape index (κ3) is 11.1. The van der Waals surface area contributed by atoms with E-state index in [1.165, 1.54) is 0 Å². The number of nitrogens with zero attached hydrogens (tertiary/aromatic N) is 3. The van der Waals surface area contributed by atoms with Crippen molar-refractivity contribution >= 4 is 90.0 Å². The molecule has 0 spiro atoms. The minimum Gasteiger partial charge on any atom is -0.399 e. The molecule has 0 saturated heterocycles. The summed E-state index contributed by atoms with van der Waals surface area (Å²) in [6.07, 6.45) is 23.1. The van der Waals surface area contributed by atoms with Crippen LogP contribution >= 0.6 is 0 Å². The molecule has 6 heteroatoms. The van der Waals surface area contributed by atoms with Crippen LogP contribution < -0.4 is 17.2 Å². The van der Waals surface area contributed by atoms with Gasteiger partial charge in [0.05, 0.1) is 16.7 Å². The summed E-state index contributed by atoms with van der Waals surface area (Å²) < 4.78 is 0. The Labute approximate surface area is 368 Å². The van der Waals surface area contributed by atoms with Crippen LogP contribution in [0, 0.1) is 34.0 Å². The van der Waals surface area contributed by atoms with Gasteiger partial charge in [-0.3, -0.25) is 0 Å². The molecule has 0 aliphatic heterocycles. The molecule has 0 saturated carbocycles. The molecule has 0 aliphatic carbocycles. The number of nitriles is 3. The van der Waals surface area contributed by atoms with Gasteiger partial charge in [-0.15, -0.1) is 0 Å². The molecule has 0 aliphatic rings. The Morgan fingerprint density at radius 2 is 0.381 bits per heavy atom. The summed E-state index contributed by atoms with van der Waals surface area (Å²) in [6, 6.07) is 53.9. The molecule has 7 aromatic carbocycles. The summed E-state index contributed by atoms with van der Waals surface area (Å²) in [5.41, 5.74) is 30.4. The van der Waals surface area contributed by atoms with Crippen molar-refractivity contribution in [3.05, 3.63) is 229 Å². The zero-order valence-corrected chi connectivity index (χ0v) is 34.4. The quantitative estimate of drug-likeness (QED) is 0.0826. The van der Waals surface area contributed by atoms with Crippen molar-refractivity contribution in [2.45, 2.75) is 0 Å². The predicted octanol–water partition coefficient (Wildman–Crippen LogP) is 13.1. The van der Waals surface area contributed by atoms with Crippen molar-refractivity contribution in [2.75, 3.05) is 17.2 Å². The van der Waals surface area contributed by atoms with Crippen LogP contribution in [0.5, 0.6) is 0 Å². The lowest BCUT2D eigenvalue weighted by atomic mass is 9.86. The number of hydrogen-bond donors (Lipinski definition) is 3. The molecule has 6 N–H and O–H groups in total. The van der Waals surface area contributed by atoms with Gasteiger partial charge in [-0.25, -0.2) is 0 Å². The summed E-state index contributed by atoms with van der Waals surface area (Å²) in [4.78, 5) is 0. The van der Waals surface area contributed by atoms with Gasteiger partial charge in [0.1, 0.15) is 18.2 Å². The molecule has 6 nitrogen and oxygen atoms in total.